The third kappa shape index (κ3) is 2.54. The summed E-state index contributed by atoms with van der Waals surface area (Å²) in [5.41, 5.74) is 0. The highest BCUT2D eigenvalue weighted by molar-refractivity contribution is 7.91. The third-order valence-electron chi connectivity index (χ3n) is 4.41. The number of thiophene rings is 1. The normalized spacial score (nSPS) is 23.7. The average molecular weight is 335 g/mol. The van der Waals surface area contributed by atoms with Gasteiger partial charge in [0.1, 0.15) is 0 Å². The summed E-state index contributed by atoms with van der Waals surface area (Å²) in [6.07, 6.45) is 2.57. The summed E-state index contributed by atoms with van der Waals surface area (Å²) in [5.74, 6) is 0.339. The molecular formula is C16H17NO3S2. The molecule has 1 aromatic carbocycles. The minimum Gasteiger partial charge on any atom is -0.331 e. The largest absolute Gasteiger partial charge is 0.331 e. The van der Waals surface area contributed by atoms with Crippen LogP contribution in [0.1, 0.15) is 28.9 Å². The molecule has 1 saturated carbocycles. The van der Waals surface area contributed by atoms with Crippen molar-refractivity contribution in [2.24, 2.45) is 0 Å². The minimum atomic E-state index is -2.98. The average Bonchev–Trinajstić information content (AvgIpc) is 3.10. The smallest absolute Gasteiger partial charge is 0.264 e. The summed E-state index contributed by atoms with van der Waals surface area (Å²) >= 11 is 1.50. The maximum absolute atomic E-state index is 12.9. The highest BCUT2D eigenvalue weighted by atomic mass is 32.2. The van der Waals surface area contributed by atoms with Crippen LogP contribution in [0.25, 0.3) is 10.1 Å². The number of sulfone groups is 1. The first kappa shape index (κ1) is 14.2. The first-order valence-corrected chi connectivity index (χ1v) is 10.2. The van der Waals surface area contributed by atoms with E-state index in [0.29, 0.717) is 6.42 Å². The number of amides is 1. The summed E-state index contributed by atoms with van der Waals surface area (Å²) in [4.78, 5) is 15.5. The lowest BCUT2D eigenvalue weighted by Crippen LogP contribution is -2.42. The van der Waals surface area contributed by atoms with Gasteiger partial charge in [-0.3, -0.25) is 4.79 Å². The zero-order chi connectivity index (χ0) is 15.3. The van der Waals surface area contributed by atoms with Crippen molar-refractivity contribution in [3.63, 3.8) is 0 Å². The SMILES string of the molecule is O=C(c1cc2ccccc2s1)N(C1CC1)C1CCS(=O)(=O)C1. The van der Waals surface area contributed by atoms with Gasteiger partial charge in [-0.15, -0.1) is 11.3 Å². The molecule has 2 heterocycles. The Morgan fingerprint density at radius 3 is 2.55 bits per heavy atom. The van der Waals surface area contributed by atoms with Gasteiger partial charge in [0.25, 0.3) is 5.91 Å². The second-order valence-electron chi connectivity index (χ2n) is 6.15. The van der Waals surface area contributed by atoms with E-state index in [0.717, 1.165) is 27.8 Å². The molecule has 6 heteroatoms. The molecule has 2 aromatic rings. The van der Waals surface area contributed by atoms with Crippen LogP contribution in [-0.4, -0.2) is 42.8 Å². The van der Waals surface area contributed by atoms with E-state index in [9.17, 15) is 13.2 Å². The van der Waals surface area contributed by atoms with E-state index in [4.69, 9.17) is 0 Å². The second-order valence-corrected chi connectivity index (χ2v) is 9.46. The van der Waals surface area contributed by atoms with E-state index in [2.05, 4.69) is 0 Å². The van der Waals surface area contributed by atoms with Crippen LogP contribution in [0.5, 0.6) is 0 Å². The number of nitrogens with zero attached hydrogens (tertiary/aromatic N) is 1. The van der Waals surface area contributed by atoms with Crippen molar-refractivity contribution in [1.82, 2.24) is 4.90 Å². The van der Waals surface area contributed by atoms with Gasteiger partial charge in [0.15, 0.2) is 9.84 Å². The van der Waals surface area contributed by atoms with Gasteiger partial charge in [0.2, 0.25) is 0 Å². The van der Waals surface area contributed by atoms with Crippen molar-refractivity contribution in [1.29, 1.82) is 0 Å². The van der Waals surface area contributed by atoms with Crippen molar-refractivity contribution in [3.05, 3.63) is 35.2 Å². The Morgan fingerprint density at radius 2 is 1.91 bits per heavy atom. The standard InChI is InChI=1S/C16H17NO3S2/c18-16(15-9-11-3-1-2-4-14(11)21-15)17(12-5-6-12)13-7-8-22(19,20)10-13/h1-4,9,12-13H,5-8,10H2. The van der Waals surface area contributed by atoms with Gasteiger partial charge in [0, 0.05) is 16.8 Å². The van der Waals surface area contributed by atoms with Crippen LogP contribution in [-0.2, 0) is 9.84 Å². The fraction of sp³-hybridized carbons (Fsp3) is 0.438. The van der Waals surface area contributed by atoms with Crippen LogP contribution in [0.2, 0.25) is 0 Å². The zero-order valence-corrected chi connectivity index (χ0v) is 13.7. The molecule has 1 atom stereocenters. The highest BCUT2D eigenvalue weighted by Gasteiger charge is 2.42. The Balaban J connectivity index is 1.66. The highest BCUT2D eigenvalue weighted by Crippen LogP contribution is 2.35. The van der Waals surface area contributed by atoms with Gasteiger partial charge in [-0.05, 0) is 36.8 Å². The van der Waals surface area contributed by atoms with Crippen molar-refractivity contribution in [2.45, 2.75) is 31.3 Å². The second kappa shape index (κ2) is 5.06. The number of carbonyl (C=O) groups is 1. The monoisotopic (exact) mass is 335 g/mol. The summed E-state index contributed by atoms with van der Waals surface area (Å²) in [5, 5.41) is 1.07. The van der Waals surface area contributed by atoms with Crippen molar-refractivity contribution >= 4 is 37.2 Å². The van der Waals surface area contributed by atoms with Gasteiger partial charge in [-0.1, -0.05) is 18.2 Å². The Labute approximate surface area is 133 Å². The molecule has 0 N–H and O–H groups in total. The van der Waals surface area contributed by atoms with Crippen LogP contribution in [0.4, 0.5) is 0 Å². The first-order valence-electron chi connectivity index (χ1n) is 7.55. The lowest BCUT2D eigenvalue weighted by molar-refractivity contribution is 0.0686. The minimum absolute atomic E-state index is 0.00537. The van der Waals surface area contributed by atoms with Crippen LogP contribution in [0.3, 0.4) is 0 Å². The van der Waals surface area contributed by atoms with Crippen LogP contribution < -0.4 is 0 Å². The Bertz CT molecular complexity index is 803. The number of fused-ring (bicyclic) bond motifs is 1. The molecule has 1 aromatic heterocycles. The van der Waals surface area contributed by atoms with E-state index in [1.165, 1.54) is 11.3 Å². The van der Waals surface area contributed by atoms with Gasteiger partial charge in [-0.2, -0.15) is 0 Å². The number of hydrogen-bond donors (Lipinski definition) is 0. The Kier molecular flexibility index (Phi) is 3.27. The molecule has 1 saturated heterocycles. The fourth-order valence-electron chi connectivity index (χ4n) is 3.19. The predicted octanol–water partition coefficient (Wildman–Crippen LogP) is 2.69. The summed E-state index contributed by atoms with van der Waals surface area (Å²) in [6.45, 7) is 0. The van der Waals surface area contributed by atoms with E-state index in [1.807, 2.05) is 35.2 Å². The molecule has 2 fully saturated rings. The fourth-order valence-corrected chi connectivity index (χ4v) is 5.91. The zero-order valence-electron chi connectivity index (χ0n) is 12.1. The number of hydrogen-bond acceptors (Lipinski definition) is 4. The molecule has 0 radical (unpaired) electrons. The maximum atomic E-state index is 12.9. The summed E-state index contributed by atoms with van der Waals surface area (Å²) in [7, 11) is -2.98. The predicted molar refractivity (Wildman–Crippen MR) is 88.1 cm³/mol. The molecule has 1 aliphatic heterocycles. The summed E-state index contributed by atoms with van der Waals surface area (Å²) in [6, 6.07) is 9.97. The maximum Gasteiger partial charge on any atom is 0.264 e. The molecule has 1 unspecified atom stereocenters. The Morgan fingerprint density at radius 1 is 1.14 bits per heavy atom. The Hall–Kier alpha value is -1.40. The van der Waals surface area contributed by atoms with Crippen LogP contribution in [0.15, 0.2) is 30.3 Å². The molecule has 2 aliphatic rings. The molecule has 0 spiro atoms. The van der Waals surface area contributed by atoms with E-state index < -0.39 is 9.84 Å². The topological polar surface area (TPSA) is 54.5 Å². The molecule has 4 rings (SSSR count). The number of carbonyl (C=O) groups excluding carboxylic acids is 1. The first-order chi connectivity index (χ1) is 10.5. The van der Waals surface area contributed by atoms with Crippen molar-refractivity contribution < 1.29 is 13.2 Å². The van der Waals surface area contributed by atoms with E-state index in [1.54, 1.807) is 0 Å². The van der Waals surface area contributed by atoms with E-state index >= 15 is 0 Å². The van der Waals surface area contributed by atoms with Gasteiger partial charge < -0.3 is 4.90 Å². The van der Waals surface area contributed by atoms with Gasteiger partial charge in [-0.25, -0.2) is 8.42 Å². The lowest BCUT2D eigenvalue weighted by Gasteiger charge is -2.27. The molecule has 116 valence electrons. The van der Waals surface area contributed by atoms with E-state index in [-0.39, 0.29) is 29.5 Å². The third-order valence-corrected chi connectivity index (χ3v) is 7.27. The molecular weight excluding hydrogens is 318 g/mol. The molecule has 0 bridgehead atoms. The molecule has 4 nitrogen and oxygen atoms in total. The quantitative estimate of drug-likeness (QED) is 0.866. The van der Waals surface area contributed by atoms with Crippen LogP contribution >= 0.6 is 11.3 Å². The molecule has 1 aliphatic carbocycles. The van der Waals surface area contributed by atoms with Gasteiger partial charge in [0.05, 0.1) is 16.4 Å². The van der Waals surface area contributed by atoms with Crippen molar-refractivity contribution in [3.8, 4) is 0 Å². The van der Waals surface area contributed by atoms with Gasteiger partial charge >= 0.3 is 0 Å². The lowest BCUT2D eigenvalue weighted by atomic mass is 10.2. The number of benzene rings is 1. The van der Waals surface area contributed by atoms with Crippen LogP contribution in [0, 0.1) is 0 Å². The van der Waals surface area contributed by atoms with Crippen molar-refractivity contribution in [2.75, 3.05) is 11.5 Å². The summed E-state index contributed by atoms with van der Waals surface area (Å²) < 4.78 is 24.6. The molecule has 1 amide bonds. The number of rotatable bonds is 3. The molecule has 22 heavy (non-hydrogen) atoms.